The molecule has 0 saturated carbocycles. The van der Waals surface area contributed by atoms with Gasteiger partial charge in [-0.25, -0.2) is 8.42 Å². The number of aryl methyl sites for hydroxylation is 2. The van der Waals surface area contributed by atoms with Gasteiger partial charge in [0.1, 0.15) is 16.6 Å². The first-order valence-electron chi connectivity index (χ1n) is 9.54. The molecule has 2 amide bonds. The fourth-order valence-electron chi connectivity index (χ4n) is 4.29. The summed E-state index contributed by atoms with van der Waals surface area (Å²) in [5, 5.41) is 6.62. The standard InChI is InChI=1S/C18H28N4O5S/c1-10(2)6-16-18(24)21-8-14(19-13(5)23)7-15(21)9-22(16)28(25,26)17-11(3)20-27-12(17)4/h10,14-16H,6-9H2,1-5H3,(H,19,23)/t14-,15-,16-/m0/s1. The van der Waals surface area contributed by atoms with Crippen molar-refractivity contribution in [1.82, 2.24) is 19.7 Å². The molecule has 3 rings (SSSR count). The van der Waals surface area contributed by atoms with E-state index in [4.69, 9.17) is 4.52 Å². The molecule has 1 aromatic heterocycles. The van der Waals surface area contributed by atoms with Crippen molar-refractivity contribution in [2.75, 3.05) is 13.1 Å². The summed E-state index contributed by atoms with van der Waals surface area (Å²) in [5.41, 5.74) is 0.290. The van der Waals surface area contributed by atoms with Gasteiger partial charge < -0.3 is 14.7 Å². The number of aromatic nitrogens is 1. The molecule has 0 spiro atoms. The van der Waals surface area contributed by atoms with Crippen molar-refractivity contribution in [3.63, 3.8) is 0 Å². The summed E-state index contributed by atoms with van der Waals surface area (Å²) in [7, 11) is -3.94. The van der Waals surface area contributed by atoms with E-state index in [2.05, 4.69) is 10.5 Å². The van der Waals surface area contributed by atoms with Crippen LogP contribution < -0.4 is 5.32 Å². The number of carbonyl (C=O) groups excluding carboxylic acids is 2. The van der Waals surface area contributed by atoms with E-state index in [9.17, 15) is 18.0 Å². The summed E-state index contributed by atoms with van der Waals surface area (Å²) in [6.07, 6.45) is 0.961. The van der Waals surface area contributed by atoms with Gasteiger partial charge in [-0.05, 0) is 32.6 Å². The molecule has 156 valence electrons. The molecule has 3 heterocycles. The van der Waals surface area contributed by atoms with Crippen LogP contribution in [0.15, 0.2) is 9.42 Å². The molecule has 1 N–H and O–H groups in total. The molecule has 28 heavy (non-hydrogen) atoms. The maximum Gasteiger partial charge on any atom is 0.249 e. The smallest absolute Gasteiger partial charge is 0.249 e. The first-order chi connectivity index (χ1) is 13.0. The second kappa shape index (κ2) is 7.47. The molecule has 0 aliphatic carbocycles. The van der Waals surface area contributed by atoms with Crippen LogP contribution in [0.4, 0.5) is 0 Å². The minimum absolute atomic E-state index is 0.0407. The monoisotopic (exact) mass is 412 g/mol. The van der Waals surface area contributed by atoms with Gasteiger partial charge in [0.05, 0.1) is 0 Å². The lowest BCUT2D eigenvalue weighted by Gasteiger charge is -2.42. The van der Waals surface area contributed by atoms with Crippen LogP contribution in [0.1, 0.15) is 45.1 Å². The third-order valence-electron chi connectivity index (χ3n) is 5.36. The van der Waals surface area contributed by atoms with Crippen molar-refractivity contribution in [2.24, 2.45) is 5.92 Å². The number of hydrogen-bond acceptors (Lipinski definition) is 6. The molecule has 2 aliphatic heterocycles. The maximum atomic E-state index is 13.5. The Kier molecular flexibility index (Phi) is 5.55. The van der Waals surface area contributed by atoms with Crippen LogP contribution in [0.25, 0.3) is 0 Å². The molecule has 1 aromatic rings. The quantitative estimate of drug-likeness (QED) is 0.766. The third-order valence-corrected chi connectivity index (χ3v) is 7.48. The molecular formula is C18H28N4O5S. The number of piperazine rings is 1. The van der Waals surface area contributed by atoms with Gasteiger partial charge >= 0.3 is 0 Å². The van der Waals surface area contributed by atoms with Gasteiger partial charge in [-0.15, -0.1) is 0 Å². The van der Waals surface area contributed by atoms with Crippen molar-refractivity contribution in [1.29, 1.82) is 0 Å². The zero-order valence-electron chi connectivity index (χ0n) is 16.9. The lowest BCUT2D eigenvalue weighted by atomic mass is 9.99. The molecule has 3 atom stereocenters. The zero-order chi connectivity index (χ0) is 20.8. The van der Waals surface area contributed by atoms with Crippen LogP contribution in [0.2, 0.25) is 0 Å². The van der Waals surface area contributed by atoms with Crippen LogP contribution in [-0.4, -0.2) is 65.8 Å². The van der Waals surface area contributed by atoms with Gasteiger partial charge in [0.2, 0.25) is 21.8 Å². The van der Waals surface area contributed by atoms with E-state index in [0.717, 1.165) is 0 Å². The molecule has 2 saturated heterocycles. The molecule has 10 heteroatoms. The van der Waals surface area contributed by atoms with Crippen molar-refractivity contribution in [2.45, 2.75) is 70.5 Å². The van der Waals surface area contributed by atoms with E-state index in [0.29, 0.717) is 25.1 Å². The van der Waals surface area contributed by atoms with Crippen molar-refractivity contribution in [3.05, 3.63) is 11.5 Å². The second-order valence-electron chi connectivity index (χ2n) is 8.15. The summed E-state index contributed by atoms with van der Waals surface area (Å²) in [6, 6.07) is -1.19. The minimum Gasteiger partial charge on any atom is -0.360 e. The third kappa shape index (κ3) is 3.67. The predicted molar refractivity (Wildman–Crippen MR) is 101 cm³/mol. The highest BCUT2D eigenvalue weighted by atomic mass is 32.2. The Morgan fingerprint density at radius 1 is 1.32 bits per heavy atom. The summed E-state index contributed by atoms with van der Waals surface area (Å²) in [4.78, 5) is 26.4. The predicted octanol–water partition coefficient (Wildman–Crippen LogP) is 0.816. The number of nitrogens with zero attached hydrogens (tertiary/aromatic N) is 3. The zero-order valence-corrected chi connectivity index (χ0v) is 17.7. The van der Waals surface area contributed by atoms with E-state index >= 15 is 0 Å². The van der Waals surface area contributed by atoms with Gasteiger partial charge in [-0.2, -0.15) is 4.31 Å². The topological polar surface area (TPSA) is 113 Å². The van der Waals surface area contributed by atoms with Crippen molar-refractivity contribution < 1.29 is 22.5 Å². The fraction of sp³-hybridized carbons (Fsp3) is 0.722. The molecule has 0 radical (unpaired) electrons. The number of amides is 2. The number of hydrogen-bond donors (Lipinski definition) is 1. The molecule has 2 aliphatic rings. The van der Waals surface area contributed by atoms with Crippen LogP contribution in [0, 0.1) is 19.8 Å². The van der Waals surface area contributed by atoms with E-state index < -0.39 is 16.1 Å². The fourth-order valence-corrected chi connectivity index (χ4v) is 6.22. The number of rotatable bonds is 5. The molecule has 2 fully saturated rings. The van der Waals surface area contributed by atoms with E-state index in [-0.39, 0.29) is 47.0 Å². The minimum atomic E-state index is -3.94. The van der Waals surface area contributed by atoms with Gasteiger partial charge in [0, 0.05) is 32.1 Å². The molecule has 9 nitrogen and oxygen atoms in total. The van der Waals surface area contributed by atoms with Crippen molar-refractivity contribution in [3.8, 4) is 0 Å². The summed E-state index contributed by atoms with van der Waals surface area (Å²) in [5.74, 6) is 0.00389. The summed E-state index contributed by atoms with van der Waals surface area (Å²) < 4.78 is 33.3. The van der Waals surface area contributed by atoms with Gasteiger partial charge in [0.25, 0.3) is 0 Å². The number of sulfonamides is 1. The Hall–Kier alpha value is -1.94. The first-order valence-corrected chi connectivity index (χ1v) is 11.0. The number of carbonyl (C=O) groups is 2. The normalized spacial score (nSPS) is 26.0. The Labute approximate surface area is 165 Å². The van der Waals surface area contributed by atoms with Gasteiger partial charge in [0.15, 0.2) is 5.76 Å². The molecule has 0 aromatic carbocycles. The second-order valence-corrected chi connectivity index (χ2v) is 9.98. The van der Waals surface area contributed by atoms with E-state index in [1.54, 1.807) is 18.7 Å². The Balaban J connectivity index is 1.97. The Bertz CT molecular complexity index is 859. The number of nitrogens with one attached hydrogen (secondary N) is 1. The number of fused-ring (bicyclic) bond motifs is 1. The Morgan fingerprint density at radius 2 is 2.00 bits per heavy atom. The highest BCUT2D eigenvalue weighted by molar-refractivity contribution is 7.89. The van der Waals surface area contributed by atoms with Crippen LogP contribution in [-0.2, 0) is 19.6 Å². The SMILES string of the molecule is CC(=O)N[C@H]1C[C@H]2CN(S(=O)(=O)c3c(C)noc3C)[C@@H](CC(C)C)C(=O)N2C1. The average molecular weight is 413 g/mol. The molecule has 0 unspecified atom stereocenters. The largest absolute Gasteiger partial charge is 0.360 e. The average Bonchev–Trinajstić information content (AvgIpc) is 3.12. The Morgan fingerprint density at radius 3 is 2.54 bits per heavy atom. The lowest BCUT2D eigenvalue weighted by Crippen LogP contribution is -2.61. The van der Waals surface area contributed by atoms with Crippen LogP contribution >= 0.6 is 0 Å². The molecular weight excluding hydrogens is 384 g/mol. The van der Waals surface area contributed by atoms with Gasteiger partial charge in [-0.3, -0.25) is 9.59 Å². The maximum absolute atomic E-state index is 13.5. The summed E-state index contributed by atoms with van der Waals surface area (Å²) in [6.45, 7) is 9.12. The summed E-state index contributed by atoms with van der Waals surface area (Å²) >= 11 is 0. The molecule has 0 bridgehead atoms. The van der Waals surface area contributed by atoms with Crippen LogP contribution in [0.5, 0.6) is 0 Å². The highest BCUT2D eigenvalue weighted by Gasteiger charge is 2.50. The van der Waals surface area contributed by atoms with Crippen LogP contribution in [0.3, 0.4) is 0 Å². The van der Waals surface area contributed by atoms with E-state index in [1.165, 1.54) is 11.2 Å². The highest BCUT2D eigenvalue weighted by Crippen LogP contribution is 2.34. The van der Waals surface area contributed by atoms with E-state index in [1.807, 2.05) is 13.8 Å². The lowest BCUT2D eigenvalue weighted by molar-refractivity contribution is -0.141. The van der Waals surface area contributed by atoms with Crippen molar-refractivity contribution >= 4 is 21.8 Å². The van der Waals surface area contributed by atoms with Gasteiger partial charge in [-0.1, -0.05) is 19.0 Å². The first kappa shape index (κ1) is 20.8.